The van der Waals surface area contributed by atoms with Crippen LogP contribution in [0.25, 0.3) is 0 Å². The van der Waals surface area contributed by atoms with Crippen molar-refractivity contribution in [1.82, 2.24) is 4.31 Å². The number of sulfonamides is 1. The minimum absolute atomic E-state index is 0.297. The number of anilines is 1. The number of hydrogen-bond acceptors (Lipinski definition) is 4. The highest BCUT2D eigenvalue weighted by molar-refractivity contribution is 7.89. The molecule has 0 spiro atoms. The lowest BCUT2D eigenvalue weighted by Gasteiger charge is -2.35. The number of hydrogen-bond donors (Lipinski definition) is 0. The smallest absolute Gasteiger partial charge is 0.246 e. The van der Waals surface area contributed by atoms with E-state index < -0.39 is 10.0 Å². The fourth-order valence-electron chi connectivity index (χ4n) is 3.58. The molecule has 1 fully saturated rings. The largest absolute Gasteiger partial charge is 0.492 e. The van der Waals surface area contributed by atoms with E-state index in [1.165, 1.54) is 0 Å². The Kier molecular flexibility index (Phi) is 7.19. The second kappa shape index (κ2) is 9.63. The Hall–Kier alpha value is -2.05. The molecule has 1 aliphatic heterocycles. The van der Waals surface area contributed by atoms with Gasteiger partial charge in [-0.25, -0.2) is 8.42 Å². The van der Waals surface area contributed by atoms with Crippen LogP contribution in [0.3, 0.4) is 0 Å². The average Bonchev–Trinajstić information content (AvgIpc) is 2.74. The third-order valence-corrected chi connectivity index (χ3v) is 7.46. The summed E-state index contributed by atoms with van der Waals surface area (Å²) in [6, 6.07) is 13.8. The van der Waals surface area contributed by atoms with E-state index in [0.29, 0.717) is 43.4 Å². The zero-order valence-corrected chi connectivity index (χ0v) is 18.5. The molecule has 0 atom stereocenters. The lowest BCUT2D eigenvalue weighted by atomic mass is 10.1. The summed E-state index contributed by atoms with van der Waals surface area (Å²) < 4.78 is 34.4. The summed E-state index contributed by atoms with van der Waals surface area (Å²) in [5, 5.41) is 0. The zero-order chi connectivity index (χ0) is 20.9. The Morgan fingerprint density at radius 2 is 1.59 bits per heavy atom. The van der Waals surface area contributed by atoms with Crippen molar-refractivity contribution in [3.63, 3.8) is 0 Å². The fourth-order valence-corrected chi connectivity index (χ4v) is 5.20. The first kappa shape index (κ1) is 21.7. The predicted octanol–water partition coefficient (Wildman–Crippen LogP) is 4.38. The summed E-state index contributed by atoms with van der Waals surface area (Å²) in [6.07, 6.45) is 3.11. The molecule has 3 rings (SSSR count). The van der Waals surface area contributed by atoms with Crippen LogP contribution in [-0.2, 0) is 10.0 Å². The highest BCUT2D eigenvalue weighted by Crippen LogP contribution is 2.31. The first-order chi connectivity index (χ1) is 13.9. The molecule has 2 aromatic carbocycles. The van der Waals surface area contributed by atoms with E-state index >= 15 is 0 Å². The molecular formula is C23H32N2O3S. The van der Waals surface area contributed by atoms with Crippen LogP contribution in [0.5, 0.6) is 5.75 Å². The molecule has 5 nitrogen and oxygen atoms in total. The highest BCUT2D eigenvalue weighted by atomic mass is 32.2. The summed E-state index contributed by atoms with van der Waals surface area (Å²) in [4.78, 5) is 2.53. The number of aryl methyl sites for hydroxylation is 2. The summed E-state index contributed by atoms with van der Waals surface area (Å²) in [5.41, 5.74) is 3.14. The first-order valence-electron chi connectivity index (χ1n) is 10.5. The van der Waals surface area contributed by atoms with Gasteiger partial charge < -0.3 is 9.64 Å². The summed E-state index contributed by atoms with van der Waals surface area (Å²) in [6.45, 7) is 8.92. The van der Waals surface area contributed by atoms with Crippen molar-refractivity contribution in [1.29, 1.82) is 0 Å². The van der Waals surface area contributed by atoms with E-state index in [-0.39, 0.29) is 0 Å². The molecule has 29 heavy (non-hydrogen) atoms. The van der Waals surface area contributed by atoms with Gasteiger partial charge in [0.25, 0.3) is 0 Å². The Bertz CT molecular complexity index is 905. The third kappa shape index (κ3) is 5.11. The van der Waals surface area contributed by atoms with Gasteiger partial charge in [0.15, 0.2) is 0 Å². The van der Waals surface area contributed by atoms with Gasteiger partial charge in [-0.1, -0.05) is 38.0 Å². The van der Waals surface area contributed by atoms with Crippen molar-refractivity contribution in [2.45, 2.75) is 44.9 Å². The predicted molar refractivity (Wildman–Crippen MR) is 118 cm³/mol. The molecule has 158 valence electrons. The number of ether oxygens (including phenoxy) is 1. The SMILES string of the molecule is CCCCCOc1cc(C)c(C)cc1S(=O)(=O)N1CCN(c2ccccc2)CC1. The summed E-state index contributed by atoms with van der Waals surface area (Å²) >= 11 is 0. The molecule has 6 heteroatoms. The van der Waals surface area contributed by atoms with E-state index in [2.05, 4.69) is 24.0 Å². The van der Waals surface area contributed by atoms with E-state index in [1.54, 1.807) is 10.4 Å². The molecule has 1 aliphatic rings. The average molecular weight is 417 g/mol. The molecule has 1 saturated heterocycles. The lowest BCUT2D eigenvalue weighted by Crippen LogP contribution is -2.48. The second-order valence-electron chi connectivity index (χ2n) is 7.67. The molecule has 0 bridgehead atoms. The first-order valence-corrected chi connectivity index (χ1v) is 11.9. The van der Waals surface area contributed by atoms with Gasteiger partial charge in [0.05, 0.1) is 6.61 Å². The summed E-state index contributed by atoms with van der Waals surface area (Å²) in [7, 11) is -3.60. The van der Waals surface area contributed by atoms with Crippen LogP contribution < -0.4 is 9.64 Å². The topological polar surface area (TPSA) is 49.9 Å². The maximum atomic E-state index is 13.4. The van der Waals surface area contributed by atoms with Crippen LogP contribution in [0.15, 0.2) is 47.4 Å². The van der Waals surface area contributed by atoms with Crippen LogP contribution in [0.1, 0.15) is 37.3 Å². The number of unbranched alkanes of at least 4 members (excludes halogenated alkanes) is 2. The third-order valence-electron chi connectivity index (χ3n) is 5.54. The molecule has 0 saturated carbocycles. The van der Waals surface area contributed by atoms with Crippen LogP contribution in [0.2, 0.25) is 0 Å². The fraction of sp³-hybridized carbons (Fsp3) is 0.478. The van der Waals surface area contributed by atoms with Gasteiger partial charge in [0, 0.05) is 31.9 Å². The lowest BCUT2D eigenvalue weighted by molar-refractivity contribution is 0.296. The van der Waals surface area contributed by atoms with Gasteiger partial charge in [0.1, 0.15) is 10.6 Å². The van der Waals surface area contributed by atoms with Crippen molar-refractivity contribution < 1.29 is 13.2 Å². The molecule has 0 unspecified atom stereocenters. The van der Waals surface area contributed by atoms with E-state index in [0.717, 1.165) is 36.1 Å². The van der Waals surface area contributed by atoms with Crippen LogP contribution in [-0.4, -0.2) is 45.5 Å². The number of nitrogens with zero attached hydrogens (tertiary/aromatic N) is 2. The van der Waals surface area contributed by atoms with Crippen LogP contribution in [0.4, 0.5) is 5.69 Å². The normalized spacial score (nSPS) is 15.5. The van der Waals surface area contributed by atoms with Gasteiger partial charge >= 0.3 is 0 Å². The Labute approximate surface area is 175 Å². The van der Waals surface area contributed by atoms with E-state index in [9.17, 15) is 8.42 Å². The zero-order valence-electron chi connectivity index (χ0n) is 17.7. The molecule has 1 heterocycles. The quantitative estimate of drug-likeness (QED) is 0.599. The molecule has 0 aromatic heterocycles. The van der Waals surface area contributed by atoms with Gasteiger partial charge in [-0.3, -0.25) is 0 Å². The molecule has 2 aromatic rings. The van der Waals surface area contributed by atoms with Gasteiger partial charge in [-0.2, -0.15) is 4.31 Å². The van der Waals surface area contributed by atoms with Crippen molar-refractivity contribution >= 4 is 15.7 Å². The highest BCUT2D eigenvalue weighted by Gasteiger charge is 2.31. The number of benzene rings is 2. The Morgan fingerprint density at radius 1 is 0.931 bits per heavy atom. The number of piperazine rings is 1. The molecular weight excluding hydrogens is 384 g/mol. The maximum absolute atomic E-state index is 13.4. The molecule has 0 N–H and O–H groups in total. The summed E-state index contributed by atoms with van der Waals surface area (Å²) in [5.74, 6) is 0.481. The second-order valence-corrected chi connectivity index (χ2v) is 9.57. The standard InChI is InChI=1S/C23H32N2O3S/c1-4-5-9-16-28-22-17-19(2)20(3)18-23(22)29(26,27)25-14-12-24(13-15-25)21-10-7-6-8-11-21/h6-8,10-11,17-18H,4-5,9,12-16H2,1-3H3. The Balaban J connectivity index is 1.77. The van der Waals surface area contributed by atoms with Gasteiger partial charge in [-0.05, 0) is 55.7 Å². The van der Waals surface area contributed by atoms with Gasteiger partial charge in [0.2, 0.25) is 10.0 Å². The van der Waals surface area contributed by atoms with Crippen molar-refractivity contribution in [2.24, 2.45) is 0 Å². The monoisotopic (exact) mass is 416 g/mol. The number of rotatable bonds is 8. The maximum Gasteiger partial charge on any atom is 0.246 e. The van der Waals surface area contributed by atoms with Crippen molar-refractivity contribution in [3.8, 4) is 5.75 Å². The molecule has 0 amide bonds. The molecule has 0 radical (unpaired) electrons. The van der Waals surface area contributed by atoms with E-state index in [4.69, 9.17) is 4.74 Å². The van der Waals surface area contributed by atoms with Crippen molar-refractivity contribution in [2.75, 3.05) is 37.7 Å². The number of para-hydroxylation sites is 1. The van der Waals surface area contributed by atoms with E-state index in [1.807, 2.05) is 38.1 Å². The van der Waals surface area contributed by atoms with Crippen molar-refractivity contribution in [3.05, 3.63) is 53.6 Å². The molecule has 0 aliphatic carbocycles. The van der Waals surface area contributed by atoms with Crippen LogP contribution >= 0.6 is 0 Å². The van der Waals surface area contributed by atoms with Crippen LogP contribution in [0, 0.1) is 13.8 Å². The minimum Gasteiger partial charge on any atom is -0.492 e. The Morgan fingerprint density at radius 3 is 2.24 bits per heavy atom. The van der Waals surface area contributed by atoms with Gasteiger partial charge in [-0.15, -0.1) is 0 Å². The minimum atomic E-state index is -3.60.